The van der Waals surface area contributed by atoms with Crippen molar-refractivity contribution in [3.63, 3.8) is 0 Å². The minimum atomic E-state index is -6.14. The summed E-state index contributed by atoms with van der Waals surface area (Å²) in [6.45, 7) is 0. The van der Waals surface area contributed by atoms with Gasteiger partial charge in [0.25, 0.3) is 9.84 Å². The molecule has 3 rings (SSSR count). The molecule has 1 saturated carbocycles. The molecule has 0 radical (unpaired) electrons. The molecule has 0 bridgehead atoms. The van der Waals surface area contributed by atoms with E-state index in [-0.39, 0.29) is 19.3 Å². The van der Waals surface area contributed by atoms with E-state index in [9.17, 15) is 34.4 Å². The van der Waals surface area contributed by atoms with E-state index in [2.05, 4.69) is 0 Å². The smallest absolute Gasteiger partial charge is 0.247 e. The van der Waals surface area contributed by atoms with Crippen LogP contribution in [0, 0.1) is 0 Å². The first kappa shape index (κ1) is 20.1. The van der Waals surface area contributed by atoms with Crippen molar-refractivity contribution in [2.75, 3.05) is 0 Å². The zero-order chi connectivity index (χ0) is 20.0. The average molecular weight is 424 g/mol. The Bertz CT molecular complexity index is 1120. The number of rotatable bonds is 3. The number of fused-ring (bicyclic) bond motifs is 1. The molecule has 0 N–H and O–H groups in total. The van der Waals surface area contributed by atoms with E-state index in [1.807, 2.05) is 0 Å². The summed E-state index contributed by atoms with van der Waals surface area (Å²) < 4.78 is 102. The predicted molar refractivity (Wildman–Crippen MR) is 92.7 cm³/mol. The molecule has 2 unspecified atom stereocenters. The van der Waals surface area contributed by atoms with Gasteiger partial charge in [-0.05, 0) is 47.8 Å². The van der Waals surface area contributed by atoms with Gasteiger partial charge in [0, 0.05) is 0 Å². The number of hydrogen-bond acceptors (Lipinski definition) is 4. The van der Waals surface area contributed by atoms with E-state index < -0.39 is 52.8 Å². The van der Waals surface area contributed by atoms with Crippen LogP contribution in [-0.2, 0) is 19.7 Å². The summed E-state index contributed by atoms with van der Waals surface area (Å²) >= 11 is 0. The zero-order valence-electron chi connectivity index (χ0n) is 13.9. The fourth-order valence-electron chi connectivity index (χ4n) is 3.37. The maximum absolute atomic E-state index is 13.5. The highest BCUT2D eigenvalue weighted by atomic mass is 32.3. The molecule has 1 aromatic rings. The summed E-state index contributed by atoms with van der Waals surface area (Å²) in [5, 5.41) is -0.414. The minimum Gasteiger partial charge on any atom is -0.247 e. The topological polar surface area (TPSA) is 68.3 Å². The second kappa shape index (κ2) is 6.73. The van der Waals surface area contributed by atoms with Gasteiger partial charge < -0.3 is 0 Å². The maximum atomic E-state index is 13.5. The molecule has 27 heavy (non-hydrogen) atoms. The van der Waals surface area contributed by atoms with Crippen LogP contribution in [0.3, 0.4) is 0 Å². The molecule has 0 heterocycles. The Kier molecular flexibility index (Phi) is 5.00. The molecule has 2 aliphatic rings. The quantitative estimate of drug-likeness (QED) is 0.697. The summed E-state index contributed by atoms with van der Waals surface area (Å²) in [5.74, 6) is 0. The fraction of sp³-hybridized carbons (Fsp3) is 0.412. The molecule has 0 amide bonds. The second-order valence-electron chi connectivity index (χ2n) is 6.52. The molecular formula is C17H16F4O4S2. The van der Waals surface area contributed by atoms with Crippen LogP contribution in [0.2, 0.25) is 0 Å². The summed E-state index contributed by atoms with van der Waals surface area (Å²) in [6.07, 6.45) is 0.00346. The Balaban J connectivity index is 2.29. The number of halogens is 4. The highest BCUT2D eigenvalue weighted by Gasteiger charge is 2.55. The third-order valence-corrected chi connectivity index (χ3v) is 9.50. The van der Waals surface area contributed by atoms with Gasteiger partial charge in [-0.15, -0.1) is 0 Å². The monoisotopic (exact) mass is 424 g/mol. The number of sulfone groups is 2. The predicted octanol–water partition coefficient (Wildman–Crippen LogP) is 2.10. The van der Waals surface area contributed by atoms with E-state index in [0.717, 1.165) is 6.08 Å². The van der Waals surface area contributed by atoms with Crippen molar-refractivity contribution < 1.29 is 34.4 Å². The highest BCUT2D eigenvalue weighted by molar-refractivity contribution is 8.15. The third-order valence-electron chi connectivity index (χ3n) is 4.70. The molecule has 2 aliphatic carbocycles. The van der Waals surface area contributed by atoms with E-state index in [1.54, 1.807) is 24.3 Å². The van der Waals surface area contributed by atoms with Crippen LogP contribution in [0.15, 0.2) is 34.1 Å². The van der Waals surface area contributed by atoms with Gasteiger partial charge in [0.2, 0.25) is 0 Å². The Labute approximate surface area is 153 Å². The standard InChI is InChI=1S/C17H16F4O4S2/c18-14-7-8-15(10-14)26(22,23)16(27(24,25)17(19,20)21)13-6-5-11-3-1-2-4-12(11)9-13/h1-5,9,14-15H,6-8,10H2/b16-13-. The van der Waals surface area contributed by atoms with Crippen LogP contribution in [0.4, 0.5) is 17.6 Å². The molecule has 1 aromatic carbocycles. The van der Waals surface area contributed by atoms with Gasteiger partial charge in [-0.25, -0.2) is 21.2 Å². The lowest BCUT2D eigenvalue weighted by Crippen LogP contribution is -2.34. The molecule has 0 saturated heterocycles. The van der Waals surface area contributed by atoms with Crippen LogP contribution in [0.25, 0.3) is 12.2 Å². The number of allylic oxidation sites excluding steroid dienone is 1. The lowest BCUT2D eigenvalue weighted by atomic mass is 10.0. The van der Waals surface area contributed by atoms with Crippen molar-refractivity contribution in [1.29, 1.82) is 0 Å². The van der Waals surface area contributed by atoms with Gasteiger partial charge in [-0.1, -0.05) is 30.3 Å². The van der Waals surface area contributed by atoms with Gasteiger partial charge in [-0.3, -0.25) is 0 Å². The molecule has 148 valence electrons. The first-order valence-electron chi connectivity index (χ1n) is 8.14. The Morgan fingerprint density at radius 1 is 1.00 bits per heavy atom. The molecular weight excluding hydrogens is 408 g/mol. The van der Waals surface area contributed by atoms with Gasteiger partial charge in [0.05, 0.1) is 5.25 Å². The van der Waals surface area contributed by atoms with Crippen molar-refractivity contribution in [1.82, 2.24) is 0 Å². The van der Waals surface area contributed by atoms with Gasteiger partial charge in [0.1, 0.15) is 6.17 Å². The molecule has 0 aliphatic heterocycles. The first-order chi connectivity index (χ1) is 12.4. The molecule has 10 heteroatoms. The van der Waals surface area contributed by atoms with E-state index in [1.165, 1.54) is 6.08 Å². The van der Waals surface area contributed by atoms with Crippen LogP contribution < -0.4 is 10.4 Å². The molecule has 0 spiro atoms. The second-order valence-corrected chi connectivity index (χ2v) is 10.8. The maximum Gasteiger partial charge on any atom is 0.502 e. The lowest BCUT2D eigenvalue weighted by molar-refractivity contribution is -0.0425. The Hall–Kier alpha value is -1.68. The number of hydrogen-bond donors (Lipinski definition) is 0. The number of benzene rings is 1. The van der Waals surface area contributed by atoms with E-state index in [4.69, 9.17) is 0 Å². The molecule has 0 aromatic heterocycles. The largest absolute Gasteiger partial charge is 0.502 e. The first-order valence-corrected chi connectivity index (χ1v) is 11.2. The number of alkyl halides is 4. The molecule has 2 atom stereocenters. The Morgan fingerprint density at radius 2 is 1.63 bits per heavy atom. The van der Waals surface area contributed by atoms with Crippen molar-refractivity contribution in [2.24, 2.45) is 0 Å². The van der Waals surface area contributed by atoms with Crippen molar-refractivity contribution in [3.05, 3.63) is 44.5 Å². The van der Waals surface area contributed by atoms with Crippen LogP contribution in [0.1, 0.15) is 25.7 Å². The lowest BCUT2D eigenvalue weighted by Gasteiger charge is -2.19. The fourth-order valence-corrected chi connectivity index (χ4v) is 7.70. The van der Waals surface area contributed by atoms with Crippen LogP contribution >= 0.6 is 0 Å². The van der Waals surface area contributed by atoms with Crippen molar-refractivity contribution >= 4 is 31.8 Å². The third kappa shape index (κ3) is 3.56. The van der Waals surface area contributed by atoms with Crippen molar-refractivity contribution in [2.45, 2.75) is 42.6 Å². The molecule has 1 fully saturated rings. The SMILES string of the molecule is O=S(=O)(/C(=C1/C=c2ccccc2=CC1)S(=O)(=O)C(F)(F)F)C1CCC(F)C1. The van der Waals surface area contributed by atoms with E-state index >= 15 is 0 Å². The van der Waals surface area contributed by atoms with Crippen LogP contribution in [-0.4, -0.2) is 33.8 Å². The van der Waals surface area contributed by atoms with Gasteiger partial charge in [-0.2, -0.15) is 13.2 Å². The zero-order valence-corrected chi connectivity index (χ0v) is 15.5. The minimum absolute atomic E-state index is 0.128. The van der Waals surface area contributed by atoms with E-state index in [0.29, 0.717) is 10.4 Å². The normalized spacial score (nSPS) is 25.3. The Morgan fingerprint density at radius 3 is 2.19 bits per heavy atom. The summed E-state index contributed by atoms with van der Waals surface area (Å²) in [6, 6.07) is 6.52. The summed E-state index contributed by atoms with van der Waals surface area (Å²) in [7, 11) is -11.0. The summed E-state index contributed by atoms with van der Waals surface area (Å²) in [4.78, 5) is 0. The molecule has 4 nitrogen and oxygen atoms in total. The van der Waals surface area contributed by atoms with Gasteiger partial charge >= 0.3 is 5.51 Å². The van der Waals surface area contributed by atoms with Crippen molar-refractivity contribution in [3.8, 4) is 0 Å². The average Bonchev–Trinajstić information content (AvgIpc) is 3.01. The summed E-state index contributed by atoms with van der Waals surface area (Å²) in [5.41, 5.74) is -6.23. The highest BCUT2D eigenvalue weighted by Crippen LogP contribution is 2.40. The van der Waals surface area contributed by atoms with Crippen LogP contribution in [0.5, 0.6) is 0 Å². The van der Waals surface area contributed by atoms with Gasteiger partial charge in [0.15, 0.2) is 14.1 Å².